The molecule has 0 unspecified atom stereocenters. The molecule has 0 fully saturated rings. The first kappa shape index (κ1) is 14.1. The van der Waals surface area contributed by atoms with Gasteiger partial charge >= 0.3 is 0 Å². The minimum absolute atomic E-state index is 0.0506. The van der Waals surface area contributed by atoms with Crippen LogP contribution in [0.5, 0.6) is 0 Å². The molecule has 0 saturated heterocycles. The number of amides is 1. The third-order valence-corrected chi connectivity index (χ3v) is 2.96. The van der Waals surface area contributed by atoms with E-state index in [4.69, 9.17) is 16.0 Å². The van der Waals surface area contributed by atoms with Crippen LogP contribution in [0.2, 0.25) is 5.02 Å². The third kappa shape index (κ3) is 3.36. The number of hydrogen-bond acceptors (Lipinski definition) is 4. The monoisotopic (exact) mass is 294 g/mol. The van der Waals surface area contributed by atoms with E-state index >= 15 is 0 Å². The summed E-state index contributed by atoms with van der Waals surface area (Å²) in [6, 6.07) is 7.31. The highest BCUT2D eigenvalue weighted by Gasteiger charge is 2.14. The summed E-state index contributed by atoms with van der Waals surface area (Å²) in [5, 5.41) is 13.3. The lowest BCUT2D eigenvalue weighted by Crippen LogP contribution is -2.25. The molecular formula is C13H11ClN2O4. The maximum Gasteiger partial charge on any atom is 0.270 e. The summed E-state index contributed by atoms with van der Waals surface area (Å²) in [5.41, 5.74) is 0.0545. The molecule has 1 heterocycles. The number of nitrogens with zero attached hydrogens (tertiary/aromatic N) is 1. The molecule has 2 rings (SSSR count). The molecule has 0 aliphatic carbocycles. The molecule has 7 heteroatoms. The van der Waals surface area contributed by atoms with Crippen molar-refractivity contribution < 1.29 is 14.1 Å². The Morgan fingerprint density at radius 1 is 1.40 bits per heavy atom. The van der Waals surface area contributed by atoms with E-state index in [-0.39, 0.29) is 22.2 Å². The number of non-ortho nitro benzene ring substituents is 1. The third-order valence-electron chi connectivity index (χ3n) is 2.65. The van der Waals surface area contributed by atoms with Gasteiger partial charge in [-0.25, -0.2) is 0 Å². The maximum absolute atomic E-state index is 11.9. The molecule has 20 heavy (non-hydrogen) atoms. The van der Waals surface area contributed by atoms with Gasteiger partial charge in [0.25, 0.3) is 11.6 Å². The van der Waals surface area contributed by atoms with Gasteiger partial charge in [-0.2, -0.15) is 0 Å². The summed E-state index contributed by atoms with van der Waals surface area (Å²) in [7, 11) is 0. The number of nitro benzene ring substituents is 1. The zero-order chi connectivity index (χ0) is 14.5. The zero-order valence-corrected chi connectivity index (χ0v) is 11.1. The summed E-state index contributed by atoms with van der Waals surface area (Å²) in [5.74, 6) is 0.386. The quantitative estimate of drug-likeness (QED) is 0.678. The molecule has 0 aliphatic heterocycles. The van der Waals surface area contributed by atoms with Crippen molar-refractivity contribution in [3.63, 3.8) is 0 Å². The molecule has 104 valence electrons. The van der Waals surface area contributed by atoms with Gasteiger partial charge in [0, 0.05) is 25.1 Å². The zero-order valence-electron chi connectivity index (χ0n) is 10.3. The van der Waals surface area contributed by atoms with E-state index in [0.717, 1.165) is 11.8 Å². The number of nitro groups is 1. The van der Waals surface area contributed by atoms with Crippen LogP contribution < -0.4 is 5.32 Å². The highest BCUT2D eigenvalue weighted by atomic mass is 35.5. The van der Waals surface area contributed by atoms with Gasteiger partial charge in [-0.15, -0.1) is 0 Å². The van der Waals surface area contributed by atoms with Crippen molar-refractivity contribution in [2.75, 3.05) is 6.54 Å². The van der Waals surface area contributed by atoms with Crippen LogP contribution in [0.15, 0.2) is 41.0 Å². The van der Waals surface area contributed by atoms with Gasteiger partial charge in [0.1, 0.15) is 5.76 Å². The number of halogens is 1. The molecule has 6 nitrogen and oxygen atoms in total. The molecule has 0 aliphatic rings. The molecule has 2 aromatic rings. The van der Waals surface area contributed by atoms with Crippen molar-refractivity contribution in [2.24, 2.45) is 0 Å². The summed E-state index contributed by atoms with van der Waals surface area (Å²) >= 11 is 5.86. The van der Waals surface area contributed by atoms with Crippen LogP contribution in [0, 0.1) is 10.1 Å². The Labute approximate surface area is 119 Å². The normalized spacial score (nSPS) is 10.2. The first-order valence-corrected chi connectivity index (χ1v) is 6.20. The highest BCUT2D eigenvalue weighted by Crippen LogP contribution is 2.22. The van der Waals surface area contributed by atoms with E-state index in [1.807, 2.05) is 6.07 Å². The van der Waals surface area contributed by atoms with Crippen molar-refractivity contribution in [1.29, 1.82) is 0 Å². The number of furan rings is 1. The molecular weight excluding hydrogens is 284 g/mol. The lowest BCUT2D eigenvalue weighted by molar-refractivity contribution is -0.384. The van der Waals surface area contributed by atoms with E-state index in [2.05, 4.69) is 5.32 Å². The molecule has 0 radical (unpaired) electrons. The number of carbonyl (C=O) groups is 1. The molecule has 0 bridgehead atoms. The first-order chi connectivity index (χ1) is 9.58. The van der Waals surface area contributed by atoms with Crippen molar-refractivity contribution in [3.05, 3.63) is 63.1 Å². The van der Waals surface area contributed by atoms with Gasteiger partial charge in [0.05, 0.1) is 21.8 Å². The fraction of sp³-hybridized carbons (Fsp3) is 0.154. The SMILES string of the molecule is O=C(NCCc1ccco1)c1ccc([N+](=O)[O-])cc1Cl. The van der Waals surface area contributed by atoms with Crippen LogP contribution in [-0.4, -0.2) is 17.4 Å². The second kappa shape index (κ2) is 6.21. The topological polar surface area (TPSA) is 85.4 Å². The molecule has 0 spiro atoms. The number of rotatable bonds is 5. The van der Waals surface area contributed by atoms with Gasteiger partial charge in [0.15, 0.2) is 0 Å². The average molecular weight is 295 g/mol. The Morgan fingerprint density at radius 2 is 2.20 bits per heavy atom. The largest absolute Gasteiger partial charge is 0.469 e. The minimum Gasteiger partial charge on any atom is -0.469 e. The second-order valence-electron chi connectivity index (χ2n) is 4.01. The molecule has 1 amide bonds. The van der Waals surface area contributed by atoms with Crippen LogP contribution in [-0.2, 0) is 6.42 Å². The second-order valence-corrected chi connectivity index (χ2v) is 4.41. The Balaban J connectivity index is 1.97. The van der Waals surface area contributed by atoms with Gasteiger partial charge in [-0.05, 0) is 18.2 Å². The van der Waals surface area contributed by atoms with Gasteiger partial charge in [0.2, 0.25) is 0 Å². The predicted octanol–water partition coefficient (Wildman–Crippen LogP) is 2.81. The van der Waals surface area contributed by atoms with E-state index in [1.165, 1.54) is 12.1 Å². The molecule has 1 aromatic carbocycles. The summed E-state index contributed by atoms with van der Waals surface area (Å²) in [6.45, 7) is 0.389. The Kier molecular flexibility index (Phi) is 4.37. The molecule has 1 aromatic heterocycles. The van der Waals surface area contributed by atoms with Crippen molar-refractivity contribution >= 4 is 23.2 Å². The smallest absolute Gasteiger partial charge is 0.270 e. The predicted molar refractivity (Wildman–Crippen MR) is 72.9 cm³/mol. The van der Waals surface area contributed by atoms with E-state index in [0.29, 0.717) is 13.0 Å². The minimum atomic E-state index is -0.565. The fourth-order valence-corrected chi connectivity index (χ4v) is 1.91. The number of hydrogen-bond donors (Lipinski definition) is 1. The summed E-state index contributed by atoms with van der Waals surface area (Å²) in [4.78, 5) is 21.9. The molecule has 0 saturated carbocycles. The molecule has 0 atom stereocenters. The highest BCUT2D eigenvalue weighted by molar-refractivity contribution is 6.34. The van der Waals surface area contributed by atoms with E-state index < -0.39 is 4.92 Å². The van der Waals surface area contributed by atoms with Crippen LogP contribution >= 0.6 is 11.6 Å². The Morgan fingerprint density at radius 3 is 2.80 bits per heavy atom. The lowest BCUT2D eigenvalue weighted by Gasteiger charge is -2.05. The average Bonchev–Trinajstić information content (AvgIpc) is 2.91. The van der Waals surface area contributed by atoms with Crippen molar-refractivity contribution in [1.82, 2.24) is 5.32 Å². The molecule has 1 N–H and O–H groups in total. The number of carbonyl (C=O) groups excluding carboxylic acids is 1. The fourth-order valence-electron chi connectivity index (χ4n) is 1.65. The van der Waals surface area contributed by atoms with Gasteiger partial charge in [-0.1, -0.05) is 11.6 Å². The Bertz CT molecular complexity index is 625. The van der Waals surface area contributed by atoms with Crippen LogP contribution in [0.4, 0.5) is 5.69 Å². The summed E-state index contributed by atoms with van der Waals surface area (Å²) in [6.07, 6.45) is 2.12. The standard InChI is InChI=1S/C13H11ClN2O4/c14-12-8-9(16(18)19)3-4-11(12)13(17)15-6-5-10-2-1-7-20-10/h1-4,7-8H,5-6H2,(H,15,17). The summed E-state index contributed by atoms with van der Waals surface area (Å²) < 4.78 is 5.13. The van der Waals surface area contributed by atoms with Crippen molar-refractivity contribution in [3.8, 4) is 0 Å². The van der Waals surface area contributed by atoms with Gasteiger partial charge < -0.3 is 9.73 Å². The van der Waals surface area contributed by atoms with Crippen LogP contribution in [0.3, 0.4) is 0 Å². The van der Waals surface area contributed by atoms with Crippen LogP contribution in [0.1, 0.15) is 16.1 Å². The number of benzene rings is 1. The number of nitrogens with one attached hydrogen (secondary N) is 1. The van der Waals surface area contributed by atoms with Crippen LogP contribution in [0.25, 0.3) is 0 Å². The van der Waals surface area contributed by atoms with Gasteiger partial charge in [-0.3, -0.25) is 14.9 Å². The van der Waals surface area contributed by atoms with E-state index in [1.54, 1.807) is 12.3 Å². The van der Waals surface area contributed by atoms with E-state index in [9.17, 15) is 14.9 Å². The van der Waals surface area contributed by atoms with Crippen molar-refractivity contribution in [2.45, 2.75) is 6.42 Å². The maximum atomic E-state index is 11.9. The lowest BCUT2D eigenvalue weighted by atomic mass is 10.2. The first-order valence-electron chi connectivity index (χ1n) is 5.82. The Hall–Kier alpha value is -2.34.